The molecule has 10 nitrogen and oxygen atoms in total. The summed E-state index contributed by atoms with van der Waals surface area (Å²) >= 11 is 0. The maximum absolute atomic E-state index is 13.3. The molecule has 1 saturated carbocycles. The lowest BCUT2D eigenvalue weighted by atomic mass is 9.91. The van der Waals surface area contributed by atoms with Crippen LogP contribution in [0.3, 0.4) is 0 Å². The average Bonchev–Trinajstić information content (AvgIpc) is 3.32. The van der Waals surface area contributed by atoms with Gasteiger partial charge >= 0.3 is 0 Å². The predicted molar refractivity (Wildman–Crippen MR) is 173 cm³/mol. The minimum atomic E-state index is -0.201. The third kappa shape index (κ3) is 8.19. The highest BCUT2D eigenvalue weighted by atomic mass is 16.5. The summed E-state index contributed by atoms with van der Waals surface area (Å²) in [6, 6.07) is 21.8. The second-order valence-electron chi connectivity index (χ2n) is 11.7. The van der Waals surface area contributed by atoms with Crippen LogP contribution in [0.25, 0.3) is 0 Å². The summed E-state index contributed by atoms with van der Waals surface area (Å²) in [4.78, 5) is 43.7. The number of nitriles is 1. The quantitative estimate of drug-likeness (QED) is 0.350. The van der Waals surface area contributed by atoms with Crippen molar-refractivity contribution in [3.05, 3.63) is 89.0 Å². The van der Waals surface area contributed by atoms with E-state index in [0.29, 0.717) is 54.3 Å². The Labute approximate surface area is 264 Å². The number of anilines is 2. The van der Waals surface area contributed by atoms with E-state index < -0.39 is 0 Å². The van der Waals surface area contributed by atoms with Crippen LogP contribution >= 0.6 is 0 Å². The number of carbonyl (C=O) groups excluding carboxylic acids is 3. The summed E-state index contributed by atoms with van der Waals surface area (Å²) in [5.74, 6) is 0.258. The molecule has 0 spiro atoms. The number of hydrogen-bond acceptors (Lipinski definition) is 7. The second kappa shape index (κ2) is 14.7. The summed E-state index contributed by atoms with van der Waals surface area (Å²) in [6.07, 6.45) is 4.36. The molecule has 234 valence electrons. The number of nitrogens with two attached hydrogens (primary N) is 1. The third-order valence-electron chi connectivity index (χ3n) is 8.55. The third-order valence-corrected chi connectivity index (χ3v) is 8.55. The standard InChI is InChI=1S/C35H40N6O4/c1-45-30-14-5-24(6-15-30)21-33(42)39-31-22-27(34(43)38-29-12-10-28(37)11-13-29)9-16-32(31)40-17-2-18-41(20-19-40)35(44)26-7-3-25(23-36)4-8-26/h3-9,14-16,22,28-29H,2,10-13,17-21,37H2,1H3,(H,38,43)(H,39,42). The van der Waals surface area contributed by atoms with E-state index in [0.717, 1.165) is 43.4 Å². The minimum Gasteiger partial charge on any atom is -0.497 e. The van der Waals surface area contributed by atoms with Crippen LogP contribution in [0.15, 0.2) is 66.7 Å². The van der Waals surface area contributed by atoms with E-state index in [1.54, 1.807) is 43.5 Å². The second-order valence-corrected chi connectivity index (χ2v) is 11.7. The largest absolute Gasteiger partial charge is 0.497 e. The number of ether oxygens (including phenoxy) is 1. The van der Waals surface area contributed by atoms with E-state index >= 15 is 0 Å². The fourth-order valence-electron chi connectivity index (χ4n) is 5.94. The molecule has 3 aromatic rings. The Hall–Kier alpha value is -4.88. The normalized spacial score (nSPS) is 18.3. The summed E-state index contributed by atoms with van der Waals surface area (Å²) in [6.45, 7) is 2.30. The maximum atomic E-state index is 13.3. The Morgan fingerprint density at radius 3 is 2.31 bits per heavy atom. The van der Waals surface area contributed by atoms with Gasteiger partial charge in [0.15, 0.2) is 0 Å². The van der Waals surface area contributed by atoms with Crippen molar-refractivity contribution in [1.29, 1.82) is 5.26 Å². The Bertz CT molecular complexity index is 1540. The Balaban J connectivity index is 1.33. The molecule has 1 aliphatic heterocycles. The predicted octanol–water partition coefficient (Wildman–Crippen LogP) is 4.10. The van der Waals surface area contributed by atoms with Crippen LogP contribution in [0, 0.1) is 11.3 Å². The first-order valence-electron chi connectivity index (χ1n) is 15.5. The molecule has 0 radical (unpaired) electrons. The van der Waals surface area contributed by atoms with Gasteiger partial charge in [0.2, 0.25) is 5.91 Å². The summed E-state index contributed by atoms with van der Waals surface area (Å²) in [5.41, 5.74) is 9.76. The molecule has 1 saturated heterocycles. The monoisotopic (exact) mass is 608 g/mol. The zero-order valence-electron chi connectivity index (χ0n) is 25.6. The lowest BCUT2D eigenvalue weighted by molar-refractivity contribution is -0.115. The fraction of sp³-hybridized carbons (Fsp3) is 0.371. The molecule has 5 rings (SSSR count). The van der Waals surface area contributed by atoms with Crippen LogP contribution in [-0.2, 0) is 11.2 Å². The van der Waals surface area contributed by atoms with Crippen LogP contribution < -0.4 is 26.0 Å². The van der Waals surface area contributed by atoms with Gasteiger partial charge in [0.05, 0.1) is 36.5 Å². The number of nitrogens with zero attached hydrogens (tertiary/aromatic N) is 3. The van der Waals surface area contributed by atoms with Crippen molar-refractivity contribution in [1.82, 2.24) is 10.2 Å². The molecule has 4 N–H and O–H groups in total. The van der Waals surface area contributed by atoms with Gasteiger partial charge in [-0.05, 0) is 92.3 Å². The number of methoxy groups -OCH3 is 1. The van der Waals surface area contributed by atoms with Gasteiger partial charge in [-0.2, -0.15) is 5.26 Å². The van der Waals surface area contributed by atoms with E-state index in [9.17, 15) is 14.4 Å². The Morgan fingerprint density at radius 1 is 0.911 bits per heavy atom. The molecule has 3 aromatic carbocycles. The van der Waals surface area contributed by atoms with E-state index in [-0.39, 0.29) is 36.2 Å². The highest BCUT2D eigenvalue weighted by molar-refractivity contribution is 6.00. The fourth-order valence-corrected chi connectivity index (χ4v) is 5.94. The molecule has 1 aliphatic carbocycles. The Kier molecular flexibility index (Phi) is 10.3. The average molecular weight is 609 g/mol. The van der Waals surface area contributed by atoms with Crippen molar-refractivity contribution in [3.63, 3.8) is 0 Å². The highest BCUT2D eigenvalue weighted by Gasteiger charge is 2.25. The molecule has 2 fully saturated rings. The van der Waals surface area contributed by atoms with Crippen LogP contribution in [-0.4, -0.2) is 68.0 Å². The molecule has 0 bridgehead atoms. The molecule has 10 heteroatoms. The van der Waals surface area contributed by atoms with Crippen molar-refractivity contribution >= 4 is 29.1 Å². The number of amides is 3. The van der Waals surface area contributed by atoms with Gasteiger partial charge in [-0.15, -0.1) is 0 Å². The molecule has 0 unspecified atom stereocenters. The molecule has 45 heavy (non-hydrogen) atoms. The van der Waals surface area contributed by atoms with E-state index in [2.05, 4.69) is 21.6 Å². The van der Waals surface area contributed by atoms with Crippen molar-refractivity contribution in [2.45, 2.75) is 50.6 Å². The first-order valence-corrected chi connectivity index (χ1v) is 15.5. The van der Waals surface area contributed by atoms with Crippen LogP contribution in [0.5, 0.6) is 5.75 Å². The summed E-state index contributed by atoms with van der Waals surface area (Å²) in [7, 11) is 1.60. The number of carbonyl (C=O) groups is 3. The van der Waals surface area contributed by atoms with Crippen LogP contribution in [0.1, 0.15) is 63.9 Å². The number of benzene rings is 3. The zero-order chi connectivity index (χ0) is 31.8. The van der Waals surface area contributed by atoms with Gasteiger partial charge in [-0.25, -0.2) is 0 Å². The number of nitrogens with one attached hydrogen (secondary N) is 2. The molecular formula is C35H40N6O4. The minimum absolute atomic E-state index is 0.0787. The lowest BCUT2D eigenvalue weighted by Gasteiger charge is -2.28. The number of hydrogen-bond donors (Lipinski definition) is 3. The summed E-state index contributed by atoms with van der Waals surface area (Å²) in [5, 5.41) is 15.3. The Morgan fingerprint density at radius 2 is 1.62 bits per heavy atom. The zero-order valence-corrected chi connectivity index (χ0v) is 25.6. The molecule has 0 atom stereocenters. The SMILES string of the molecule is COc1ccc(CC(=O)Nc2cc(C(=O)NC3CCC(N)CC3)ccc2N2CCCN(C(=O)c3ccc(C#N)cc3)CC2)cc1. The van der Waals surface area contributed by atoms with Crippen LogP contribution in [0.4, 0.5) is 11.4 Å². The van der Waals surface area contributed by atoms with Gasteiger partial charge in [-0.3, -0.25) is 14.4 Å². The highest BCUT2D eigenvalue weighted by Crippen LogP contribution is 2.30. The lowest BCUT2D eigenvalue weighted by Crippen LogP contribution is -2.40. The molecule has 2 aliphatic rings. The number of rotatable bonds is 8. The van der Waals surface area contributed by atoms with E-state index in [4.69, 9.17) is 15.7 Å². The van der Waals surface area contributed by atoms with E-state index in [1.165, 1.54) is 0 Å². The smallest absolute Gasteiger partial charge is 0.253 e. The first-order chi connectivity index (χ1) is 21.8. The van der Waals surface area contributed by atoms with Gasteiger partial charge in [0.1, 0.15) is 5.75 Å². The molecule has 0 aromatic heterocycles. The van der Waals surface area contributed by atoms with Crippen molar-refractivity contribution in [2.24, 2.45) is 5.73 Å². The van der Waals surface area contributed by atoms with Gasteiger partial charge in [0, 0.05) is 49.4 Å². The molecular weight excluding hydrogens is 568 g/mol. The van der Waals surface area contributed by atoms with Gasteiger partial charge < -0.3 is 30.9 Å². The maximum Gasteiger partial charge on any atom is 0.253 e. The van der Waals surface area contributed by atoms with Crippen LogP contribution in [0.2, 0.25) is 0 Å². The van der Waals surface area contributed by atoms with E-state index in [1.807, 2.05) is 35.2 Å². The topological polar surface area (TPSA) is 141 Å². The molecule has 1 heterocycles. The summed E-state index contributed by atoms with van der Waals surface area (Å²) < 4.78 is 5.23. The molecule has 3 amide bonds. The van der Waals surface area contributed by atoms with Gasteiger partial charge in [0.25, 0.3) is 11.8 Å². The first kappa shape index (κ1) is 31.5. The van der Waals surface area contributed by atoms with Crippen molar-refractivity contribution in [2.75, 3.05) is 43.5 Å². The van der Waals surface area contributed by atoms with Gasteiger partial charge in [-0.1, -0.05) is 12.1 Å². The van der Waals surface area contributed by atoms with Crippen molar-refractivity contribution in [3.8, 4) is 11.8 Å². The van der Waals surface area contributed by atoms with Crippen molar-refractivity contribution < 1.29 is 19.1 Å².